The minimum Gasteiger partial charge on any atom is -0.483 e. The highest BCUT2D eigenvalue weighted by molar-refractivity contribution is 9.10. The van der Waals surface area contributed by atoms with Crippen molar-refractivity contribution in [2.75, 3.05) is 34.4 Å². The van der Waals surface area contributed by atoms with Crippen LogP contribution in [0.4, 0.5) is 22.1 Å². The van der Waals surface area contributed by atoms with Crippen LogP contribution in [0.25, 0.3) is 0 Å². The summed E-state index contributed by atoms with van der Waals surface area (Å²) in [6.07, 6.45) is 0.295. The molecule has 0 spiro atoms. The highest BCUT2D eigenvalue weighted by atomic mass is 79.9. The first-order valence-corrected chi connectivity index (χ1v) is 13.3. The number of halogens is 1. The highest BCUT2D eigenvalue weighted by Crippen LogP contribution is 2.48. The van der Waals surface area contributed by atoms with Gasteiger partial charge in [-0.2, -0.15) is 0 Å². The first-order valence-electron chi connectivity index (χ1n) is 10.7. The van der Waals surface area contributed by atoms with Crippen LogP contribution in [0.2, 0.25) is 0 Å². The van der Waals surface area contributed by atoms with Gasteiger partial charge in [-0.1, -0.05) is 15.9 Å². The van der Waals surface area contributed by atoms with E-state index in [4.69, 9.17) is 9.47 Å². The Labute approximate surface area is 202 Å². The fourth-order valence-electron chi connectivity index (χ4n) is 3.97. The number of sulfone groups is 1. The van der Waals surface area contributed by atoms with Gasteiger partial charge in [-0.05, 0) is 52.3 Å². The Morgan fingerprint density at radius 1 is 1.18 bits per heavy atom. The zero-order valence-corrected chi connectivity index (χ0v) is 21.7. The number of nitrogens with zero attached hydrogens (tertiary/aromatic N) is 4. The first-order chi connectivity index (χ1) is 15.4. The van der Waals surface area contributed by atoms with Crippen LogP contribution >= 0.6 is 15.9 Å². The number of aromatic nitrogens is 2. The fourth-order valence-corrected chi connectivity index (χ4v) is 5.73. The van der Waals surface area contributed by atoms with E-state index in [1.54, 1.807) is 26.8 Å². The molecule has 3 heterocycles. The lowest BCUT2D eigenvalue weighted by atomic mass is 10.1. The molecule has 1 aromatic heterocycles. The number of carbonyl (C=O) groups excluding carboxylic acids is 1. The Balaban J connectivity index is 1.90. The summed E-state index contributed by atoms with van der Waals surface area (Å²) in [5, 5.41) is 0. The third-order valence-corrected chi connectivity index (χ3v) is 7.50. The molecule has 11 heteroatoms. The molecule has 2 aliphatic heterocycles. The minimum absolute atomic E-state index is 0.0447. The molecule has 2 aromatic rings. The topological polar surface area (TPSA) is 102 Å². The van der Waals surface area contributed by atoms with Crippen LogP contribution in [-0.4, -0.2) is 54.7 Å². The van der Waals surface area contributed by atoms with E-state index >= 15 is 0 Å². The Hall–Kier alpha value is -2.40. The molecule has 0 aliphatic carbocycles. The number of anilines is 3. The SMILES string of the molecule is Cc1cc(Br)cc2c1O[C@@H](C)c1c(N3CCS(=O)(=O)CC3)ncnc1N2C(=O)OC(C)(C)C. The lowest BCUT2D eigenvalue weighted by molar-refractivity contribution is 0.0598. The van der Waals surface area contributed by atoms with Crippen LogP contribution in [0.3, 0.4) is 0 Å². The number of carbonyl (C=O) groups is 1. The van der Waals surface area contributed by atoms with Gasteiger partial charge >= 0.3 is 6.09 Å². The maximum Gasteiger partial charge on any atom is 0.420 e. The number of rotatable bonds is 1. The molecule has 0 saturated carbocycles. The van der Waals surface area contributed by atoms with Gasteiger partial charge in [0, 0.05) is 17.6 Å². The van der Waals surface area contributed by atoms with Crippen molar-refractivity contribution in [2.45, 2.75) is 46.3 Å². The number of aryl methyl sites for hydroxylation is 1. The van der Waals surface area contributed by atoms with Gasteiger partial charge in [0.2, 0.25) is 0 Å². The van der Waals surface area contributed by atoms with E-state index in [1.807, 2.05) is 24.8 Å². The molecule has 2 aliphatic rings. The standard InChI is InChI=1S/C22H27BrN4O5S/c1-13-10-15(23)11-16-18(13)31-14(2)17-19(26-6-8-33(29,30)9-7-26)24-12-25-20(17)27(16)21(28)32-22(3,4)5/h10-12,14H,6-9H2,1-5H3/t14-/m0/s1. The highest BCUT2D eigenvalue weighted by Gasteiger charge is 2.38. The van der Waals surface area contributed by atoms with E-state index in [0.29, 0.717) is 41.7 Å². The summed E-state index contributed by atoms with van der Waals surface area (Å²) in [5.41, 5.74) is 1.22. The van der Waals surface area contributed by atoms with Crippen molar-refractivity contribution in [3.05, 3.63) is 34.1 Å². The Bertz CT molecular complexity index is 1200. The van der Waals surface area contributed by atoms with Crippen LogP contribution < -0.4 is 14.5 Å². The zero-order chi connectivity index (χ0) is 24.1. The largest absolute Gasteiger partial charge is 0.483 e. The Morgan fingerprint density at radius 3 is 2.45 bits per heavy atom. The number of hydrogen-bond acceptors (Lipinski definition) is 8. The fraction of sp³-hybridized carbons (Fsp3) is 0.500. The molecule has 178 valence electrons. The van der Waals surface area contributed by atoms with Crippen molar-refractivity contribution in [1.82, 2.24) is 9.97 Å². The molecule has 4 rings (SSSR count). The molecule has 9 nitrogen and oxygen atoms in total. The van der Waals surface area contributed by atoms with Crippen molar-refractivity contribution in [3.63, 3.8) is 0 Å². The third-order valence-electron chi connectivity index (χ3n) is 5.44. The van der Waals surface area contributed by atoms with Crippen LogP contribution in [-0.2, 0) is 14.6 Å². The summed E-state index contributed by atoms with van der Waals surface area (Å²) in [4.78, 5) is 25.8. The normalized spacial score (nSPS) is 19.8. The quantitative estimate of drug-likeness (QED) is 0.529. The molecular weight excluding hydrogens is 512 g/mol. The smallest absolute Gasteiger partial charge is 0.420 e. The average Bonchev–Trinajstić information content (AvgIpc) is 2.81. The number of hydrogen-bond donors (Lipinski definition) is 0. The summed E-state index contributed by atoms with van der Waals surface area (Å²) in [7, 11) is -3.07. The van der Waals surface area contributed by atoms with E-state index in [0.717, 1.165) is 10.0 Å². The van der Waals surface area contributed by atoms with Crippen LogP contribution in [0, 0.1) is 6.92 Å². The van der Waals surface area contributed by atoms with Crippen LogP contribution in [0.15, 0.2) is 22.9 Å². The minimum atomic E-state index is -3.07. The number of benzene rings is 1. The van der Waals surface area contributed by atoms with E-state index in [2.05, 4.69) is 25.9 Å². The maximum absolute atomic E-state index is 13.5. The van der Waals surface area contributed by atoms with Gasteiger partial charge in [0.1, 0.15) is 29.6 Å². The lowest BCUT2D eigenvalue weighted by Crippen LogP contribution is -2.41. The lowest BCUT2D eigenvalue weighted by Gasteiger charge is -2.31. The summed E-state index contributed by atoms with van der Waals surface area (Å²) >= 11 is 3.52. The first kappa shape index (κ1) is 23.7. The molecule has 1 aromatic carbocycles. The molecule has 1 saturated heterocycles. The van der Waals surface area contributed by atoms with E-state index in [-0.39, 0.29) is 11.5 Å². The summed E-state index contributed by atoms with van der Waals surface area (Å²) in [5.74, 6) is 1.54. The van der Waals surface area contributed by atoms with Gasteiger partial charge in [-0.3, -0.25) is 0 Å². The summed E-state index contributed by atoms with van der Waals surface area (Å²) in [6, 6.07) is 3.71. The second-order valence-corrected chi connectivity index (χ2v) is 12.4. The molecule has 0 bridgehead atoms. The Morgan fingerprint density at radius 2 is 1.82 bits per heavy atom. The molecule has 0 radical (unpaired) electrons. The van der Waals surface area contributed by atoms with Gasteiger partial charge in [0.15, 0.2) is 15.7 Å². The number of amides is 1. The summed E-state index contributed by atoms with van der Waals surface area (Å²) in [6.45, 7) is 9.79. The van der Waals surface area contributed by atoms with Crippen molar-refractivity contribution in [2.24, 2.45) is 0 Å². The van der Waals surface area contributed by atoms with Crippen molar-refractivity contribution >= 4 is 49.2 Å². The molecule has 33 heavy (non-hydrogen) atoms. The van der Waals surface area contributed by atoms with E-state index < -0.39 is 27.6 Å². The predicted molar refractivity (Wildman–Crippen MR) is 129 cm³/mol. The average molecular weight is 539 g/mol. The van der Waals surface area contributed by atoms with Crippen molar-refractivity contribution in [1.29, 1.82) is 0 Å². The number of fused-ring (bicyclic) bond motifs is 2. The number of ether oxygens (including phenoxy) is 2. The van der Waals surface area contributed by atoms with Crippen LogP contribution in [0.5, 0.6) is 5.75 Å². The Kier molecular flexibility index (Phi) is 6.06. The van der Waals surface area contributed by atoms with Gasteiger partial charge in [0.25, 0.3) is 0 Å². The van der Waals surface area contributed by atoms with Crippen molar-refractivity contribution in [3.8, 4) is 5.75 Å². The van der Waals surface area contributed by atoms with E-state index in [9.17, 15) is 13.2 Å². The maximum atomic E-state index is 13.5. The second-order valence-electron chi connectivity index (χ2n) is 9.22. The predicted octanol–water partition coefficient (Wildman–Crippen LogP) is 4.31. The third kappa shape index (κ3) is 4.79. The van der Waals surface area contributed by atoms with Gasteiger partial charge < -0.3 is 14.4 Å². The monoisotopic (exact) mass is 538 g/mol. The van der Waals surface area contributed by atoms with Crippen molar-refractivity contribution < 1.29 is 22.7 Å². The summed E-state index contributed by atoms with van der Waals surface area (Å²) < 4.78 is 36.8. The molecule has 0 unspecified atom stereocenters. The molecule has 1 amide bonds. The zero-order valence-electron chi connectivity index (χ0n) is 19.3. The van der Waals surface area contributed by atoms with Gasteiger partial charge in [-0.25, -0.2) is 28.1 Å². The van der Waals surface area contributed by atoms with Gasteiger partial charge in [0.05, 0.1) is 22.8 Å². The van der Waals surface area contributed by atoms with Crippen LogP contribution in [0.1, 0.15) is 44.9 Å². The second kappa shape index (κ2) is 8.43. The molecule has 1 atom stereocenters. The molecule has 0 N–H and O–H groups in total. The molecule has 1 fully saturated rings. The van der Waals surface area contributed by atoms with Gasteiger partial charge in [-0.15, -0.1) is 0 Å². The van der Waals surface area contributed by atoms with E-state index in [1.165, 1.54) is 11.2 Å². The molecular formula is C22H27BrN4O5S.